The third-order valence-corrected chi connectivity index (χ3v) is 3.22. The van der Waals surface area contributed by atoms with Gasteiger partial charge in [-0.15, -0.1) is 16.4 Å². The van der Waals surface area contributed by atoms with Gasteiger partial charge in [-0.2, -0.15) is 0 Å². The van der Waals surface area contributed by atoms with E-state index in [1.54, 1.807) is 0 Å². The fourth-order valence-corrected chi connectivity index (χ4v) is 2.09. The van der Waals surface area contributed by atoms with Crippen molar-refractivity contribution in [3.63, 3.8) is 0 Å². The van der Waals surface area contributed by atoms with Crippen LogP contribution in [0.3, 0.4) is 0 Å². The highest BCUT2D eigenvalue weighted by Gasteiger charge is 2.14. The molecule has 2 N–H and O–H groups in total. The van der Waals surface area contributed by atoms with Crippen LogP contribution in [0.4, 0.5) is 6.01 Å². The molecule has 0 aromatic carbocycles. The largest absolute Gasteiger partial charge is 0.403 e. The van der Waals surface area contributed by atoms with E-state index in [9.17, 15) is 0 Å². The summed E-state index contributed by atoms with van der Waals surface area (Å²) in [5.41, 5.74) is 6.29. The van der Waals surface area contributed by atoms with Gasteiger partial charge in [0.05, 0.1) is 5.02 Å². The van der Waals surface area contributed by atoms with Crippen LogP contribution in [-0.4, -0.2) is 10.2 Å². The number of hydrogen-bond acceptors (Lipinski definition) is 5. The van der Waals surface area contributed by atoms with E-state index in [-0.39, 0.29) is 6.01 Å². The molecule has 0 bridgehead atoms. The molecule has 2 heterocycles. The molecule has 0 aliphatic carbocycles. The molecule has 0 aliphatic heterocycles. The van der Waals surface area contributed by atoms with Crippen LogP contribution in [0, 0.1) is 6.92 Å². The van der Waals surface area contributed by atoms with Gasteiger partial charge in [-0.1, -0.05) is 16.7 Å². The lowest BCUT2D eigenvalue weighted by molar-refractivity contribution is 0.592. The molecule has 2 rings (SSSR count). The molecule has 2 aromatic rings. The van der Waals surface area contributed by atoms with E-state index in [1.165, 1.54) is 11.3 Å². The number of rotatable bonds is 1. The molecule has 0 fully saturated rings. The van der Waals surface area contributed by atoms with Crippen molar-refractivity contribution in [2.45, 2.75) is 6.92 Å². The van der Waals surface area contributed by atoms with Crippen molar-refractivity contribution in [1.29, 1.82) is 0 Å². The van der Waals surface area contributed by atoms with Gasteiger partial charge in [-0.25, -0.2) is 0 Å². The number of thiophene rings is 1. The Balaban J connectivity index is 2.52. The zero-order valence-electron chi connectivity index (χ0n) is 6.74. The van der Waals surface area contributed by atoms with Crippen LogP contribution in [-0.2, 0) is 0 Å². The summed E-state index contributed by atoms with van der Waals surface area (Å²) >= 11 is 7.45. The Kier molecular flexibility index (Phi) is 1.97. The Morgan fingerprint density at radius 1 is 1.54 bits per heavy atom. The first-order valence-electron chi connectivity index (χ1n) is 3.51. The van der Waals surface area contributed by atoms with Crippen molar-refractivity contribution in [3.8, 4) is 10.8 Å². The molecule has 0 aliphatic rings. The van der Waals surface area contributed by atoms with Gasteiger partial charge in [-0.05, 0) is 17.9 Å². The van der Waals surface area contributed by atoms with Crippen LogP contribution in [0.15, 0.2) is 9.80 Å². The Morgan fingerprint density at radius 3 is 2.77 bits per heavy atom. The van der Waals surface area contributed by atoms with Gasteiger partial charge in [0.2, 0.25) is 0 Å². The topological polar surface area (TPSA) is 64.9 Å². The molecular weight excluding hydrogens is 210 g/mol. The number of aryl methyl sites for hydroxylation is 1. The van der Waals surface area contributed by atoms with E-state index in [0.29, 0.717) is 10.9 Å². The summed E-state index contributed by atoms with van der Waals surface area (Å²) in [6, 6.07) is 0.0529. The Labute approximate surface area is 83.3 Å². The fourth-order valence-electron chi connectivity index (χ4n) is 0.900. The predicted octanol–water partition coefficient (Wildman–Crippen LogP) is 2.34. The van der Waals surface area contributed by atoms with Gasteiger partial charge >= 0.3 is 6.01 Å². The lowest BCUT2D eigenvalue weighted by atomic mass is 10.3. The molecule has 13 heavy (non-hydrogen) atoms. The van der Waals surface area contributed by atoms with Gasteiger partial charge in [0.15, 0.2) is 0 Å². The van der Waals surface area contributed by atoms with E-state index in [0.717, 1.165) is 10.4 Å². The molecule has 4 nitrogen and oxygen atoms in total. The summed E-state index contributed by atoms with van der Waals surface area (Å²) in [5.74, 6) is 0.376. The molecule has 0 saturated carbocycles. The number of nitrogen functional groups attached to an aromatic ring is 1. The van der Waals surface area contributed by atoms with Crippen LogP contribution in [0.25, 0.3) is 10.8 Å². The second kappa shape index (κ2) is 3.01. The minimum Gasteiger partial charge on any atom is -0.403 e. The highest BCUT2D eigenvalue weighted by atomic mass is 35.5. The van der Waals surface area contributed by atoms with Gasteiger partial charge in [0.25, 0.3) is 5.89 Å². The Bertz CT molecular complexity index is 437. The summed E-state index contributed by atoms with van der Waals surface area (Å²) in [5, 5.41) is 9.87. The van der Waals surface area contributed by atoms with Gasteiger partial charge in [-0.3, -0.25) is 0 Å². The van der Waals surface area contributed by atoms with Crippen molar-refractivity contribution < 1.29 is 4.42 Å². The average Bonchev–Trinajstić information content (AvgIpc) is 2.62. The van der Waals surface area contributed by atoms with Crippen molar-refractivity contribution in [2.75, 3.05) is 5.73 Å². The molecule has 0 saturated heterocycles. The monoisotopic (exact) mass is 215 g/mol. The maximum Gasteiger partial charge on any atom is 0.313 e. The fraction of sp³-hybridized carbons (Fsp3) is 0.143. The minimum atomic E-state index is 0.0529. The predicted molar refractivity (Wildman–Crippen MR) is 51.8 cm³/mol. The number of nitrogens with zero attached hydrogens (tertiary/aromatic N) is 2. The zero-order valence-corrected chi connectivity index (χ0v) is 8.32. The molecule has 68 valence electrons. The molecule has 0 spiro atoms. The van der Waals surface area contributed by atoms with E-state index < -0.39 is 0 Å². The summed E-state index contributed by atoms with van der Waals surface area (Å²) in [6.45, 7) is 1.92. The molecular formula is C7H6ClN3OS. The van der Waals surface area contributed by atoms with Crippen molar-refractivity contribution in [3.05, 3.63) is 16.0 Å². The van der Waals surface area contributed by atoms with Crippen molar-refractivity contribution in [2.24, 2.45) is 0 Å². The minimum absolute atomic E-state index is 0.0529. The van der Waals surface area contributed by atoms with E-state index in [4.69, 9.17) is 21.8 Å². The van der Waals surface area contributed by atoms with E-state index in [1.807, 2.05) is 12.3 Å². The van der Waals surface area contributed by atoms with Crippen LogP contribution in [0.2, 0.25) is 5.02 Å². The second-order valence-electron chi connectivity index (χ2n) is 2.51. The van der Waals surface area contributed by atoms with Crippen LogP contribution < -0.4 is 5.73 Å². The summed E-state index contributed by atoms with van der Waals surface area (Å²) in [7, 11) is 0. The van der Waals surface area contributed by atoms with Gasteiger partial charge < -0.3 is 10.2 Å². The maximum atomic E-state index is 5.99. The molecule has 0 amide bonds. The first-order chi connectivity index (χ1) is 6.18. The quantitative estimate of drug-likeness (QED) is 0.793. The smallest absolute Gasteiger partial charge is 0.313 e. The van der Waals surface area contributed by atoms with Gasteiger partial charge in [0, 0.05) is 0 Å². The lowest BCUT2D eigenvalue weighted by Crippen LogP contribution is -1.81. The molecule has 0 atom stereocenters. The Hall–Kier alpha value is -1.07. The average molecular weight is 216 g/mol. The van der Waals surface area contributed by atoms with Crippen LogP contribution >= 0.6 is 22.9 Å². The number of anilines is 1. The van der Waals surface area contributed by atoms with E-state index >= 15 is 0 Å². The lowest BCUT2D eigenvalue weighted by Gasteiger charge is -1.89. The van der Waals surface area contributed by atoms with Crippen LogP contribution in [0.1, 0.15) is 5.56 Å². The van der Waals surface area contributed by atoms with Crippen molar-refractivity contribution >= 4 is 29.0 Å². The summed E-state index contributed by atoms with van der Waals surface area (Å²) in [4.78, 5) is 0.767. The summed E-state index contributed by atoms with van der Waals surface area (Å²) < 4.78 is 5.05. The van der Waals surface area contributed by atoms with Crippen molar-refractivity contribution in [1.82, 2.24) is 10.2 Å². The standard InChI is InChI=1S/C7H6ClN3OS/c1-3-2-13-5(4(3)8)6-10-11-7(9)12-6/h2H,1H3,(H2,9,11). The first-order valence-corrected chi connectivity index (χ1v) is 4.77. The highest BCUT2D eigenvalue weighted by Crippen LogP contribution is 2.35. The SMILES string of the molecule is Cc1csc(-c2nnc(N)o2)c1Cl. The molecule has 0 radical (unpaired) electrons. The third kappa shape index (κ3) is 1.40. The third-order valence-electron chi connectivity index (χ3n) is 1.53. The van der Waals surface area contributed by atoms with Crippen LogP contribution in [0.5, 0.6) is 0 Å². The summed E-state index contributed by atoms with van der Waals surface area (Å²) in [6.07, 6.45) is 0. The number of halogens is 1. The highest BCUT2D eigenvalue weighted by molar-refractivity contribution is 7.14. The zero-order chi connectivity index (χ0) is 9.42. The number of hydrogen-bond donors (Lipinski definition) is 1. The Morgan fingerprint density at radius 2 is 2.31 bits per heavy atom. The normalized spacial score (nSPS) is 10.6. The molecule has 0 unspecified atom stereocenters. The molecule has 6 heteroatoms. The second-order valence-corrected chi connectivity index (χ2v) is 3.76. The molecule has 2 aromatic heterocycles. The first kappa shape index (κ1) is 8.52. The number of nitrogens with two attached hydrogens (primary N) is 1. The maximum absolute atomic E-state index is 5.99. The van der Waals surface area contributed by atoms with E-state index in [2.05, 4.69) is 10.2 Å². The number of aromatic nitrogens is 2. The van der Waals surface area contributed by atoms with Gasteiger partial charge in [0.1, 0.15) is 4.88 Å².